The molecule has 116 valence electrons. The molecule has 2 fully saturated rings. The molecule has 1 atom stereocenters. The van der Waals surface area contributed by atoms with Crippen LogP contribution in [0.15, 0.2) is 5.16 Å². The maximum Gasteiger partial charge on any atom is 0.316 e. The molecule has 3 rings (SSSR count). The molecule has 1 aromatic heterocycles. The van der Waals surface area contributed by atoms with Crippen molar-refractivity contribution >= 4 is 17.7 Å². The summed E-state index contributed by atoms with van der Waals surface area (Å²) in [6.07, 6.45) is 4.83. The lowest BCUT2D eigenvalue weighted by atomic mass is 10.2. The summed E-state index contributed by atoms with van der Waals surface area (Å²) in [4.78, 5) is 11.5. The van der Waals surface area contributed by atoms with Crippen molar-refractivity contribution in [1.82, 2.24) is 14.8 Å². The highest BCUT2D eigenvalue weighted by atomic mass is 32.2. The average molecular weight is 311 g/mol. The molecule has 21 heavy (non-hydrogen) atoms. The third kappa shape index (κ3) is 3.77. The van der Waals surface area contributed by atoms with Crippen molar-refractivity contribution in [3.63, 3.8) is 0 Å². The predicted molar refractivity (Wildman–Crippen MR) is 78.3 cm³/mol. The van der Waals surface area contributed by atoms with E-state index in [0.717, 1.165) is 37.0 Å². The molecule has 2 heterocycles. The van der Waals surface area contributed by atoms with Gasteiger partial charge in [-0.05, 0) is 32.6 Å². The minimum Gasteiger partial charge on any atom is -0.465 e. The highest BCUT2D eigenvalue weighted by Gasteiger charge is 2.31. The molecule has 2 aliphatic rings. The maximum atomic E-state index is 11.5. The summed E-state index contributed by atoms with van der Waals surface area (Å²) in [6.45, 7) is 3.86. The lowest BCUT2D eigenvalue weighted by Crippen LogP contribution is -2.18. The summed E-state index contributed by atoms with van der Waals surface area (Å²) >= 11 is 1.40. The second kappa shape index (κ2) is 6.79. The fraction of sp³-hybridized carbons (Fsp3) is 0.786. The van der Waals surface area contributed by atoms with Crippen LogP contribution < -0.4 is 0 Å². The zero-order valence-corrected chi connectivity index (χ0v) is 13.1. The standard InChI is InChI=1S/C14H21N3O3S/c1-2-19-12(18)9-21-14-16-15-13(10-5-6-10)17(14)8-11-4-3-7-20-11/h10-11H,2-9H2,1H3/t11-/m1/s1. The number of carbonyl (C=O) groups is 1. The third-order valence-electron chi connectivity index (χ3n) is 3.72. The van der Waals surface area contributed by atoms with Crippen LogP contribution in [0.5, 0.6) is 0 Å². The largest absolute Gasteiger partial charge is 0.465 e. The number of hydrogen-bond donors (Lipinski definition) is 0. The highest BCUT2D eigenvalue weighted by Crippen LogP contribution is 2.40. The van der Waals surface area contributed by atoms with Crippen LogP contribution in [0.25, 0.3) is 0 Å². The molecule has 1 saturated carbocycles. The summed E-state index contributed by atoms with van der Waals surface area (Å²) in [5, 5.41) is 9.40. The van der Waals surface area contributed by atoms with E-state index in [1.807, 2.05) is 6.92 Å². The Hall–Kier alpha value is -1.08. The topological polar surface area (TPSA) is 66.2 Å². The van der Waals surface area contributed by atoms with Gasteiger partial charge < -0.3 is 14.0 Å². The van der Waals surface area contributed by atoms with Gasteiger partial charge in [-0.25, -0.2) is 0 Å². The molecule has 0 N–H and O–H groups in total. The van der Waals surface area contributed by atoms with Crippen molar-refractivity contribution in [1.29, 1.82) is 0 Å². The summed E-state index contributed by atoms with van der Waals surface area (Å²) < 4.78 is 12.8. The molecule has 0 aromatic carbocycles. The Morgan fingerprint density at radius 2 is 2.29 bits per heavy atom. The first-order chi connectivity index (χ1) is 10.3. The molecule has 1 aliphatic heterocycles. The van der Waals surface area contributed by atoms with Crippen molar-refractivity contribution < 1.29 is 14.3 Å². The minimum atomic E-state index is -0.206. The predicted octanol–water partition coefficient (Wildman–Crippen LogP) is 1.99. The lowest BCUT2D eigenvalue weighted by molar-refractivity contribution is -0.139. The Morgan fingerprint density at radius 1 is 1.43 bits per heavy atom. The molecule has 0 radical (unpaired) electrons. The van der Waals surface area contributed by atoms with Crippen LogP contribution >= 0.6 is 11.8 Å². The lowest BCUT2D eigenvalue weighted by Gasteiger charge is -2.14. The van der Waals surface area contributed by atoms with E-state index in [1.165, 1.54) is 24.6 Å². The minimum absolute atomic E-state index is 0.206. The molecule has 6 nitrogen and oxygen atoms in total. The zero-order valence-electron chi connectivity index (χ0n) is 12.3. The summed E-state index contributed by atoms with van der Waals surface area (Å²) in [6, 6.07) is 0. The van der Waals surface area contributed by atoms with E-state index in [0.29, 0.717) is 12.5 Å². The second-order valence-electron chi connectivity index (χ2n) is 5.45. The Labute approximate surface area is 128 Å². The number of esters is 1. The van der Waals surface area contributed by atoms with Gasteiger partial charge in [0.15, 0.2) is 5.16 Å². The van der Waals surface area contributed by atoms with E-state index >= 15 is 0 Å². The van der Waals surface area contributed by atoms with Gasteiger partial charge in [-0.15, -0.1) is 10.2 Å². The Balaban J connectivity index is 1.68. The fourth-order valence-corrected chi connectivity index (χ4v) is 3.29. The molecule has 7 heteroatoms. The summed E-state index contributed by atoms with van der Waals surface area (Å²) in [7, 11) is 0. The quantitative estimate of drug-likeness (QED) is 0.567. The smallest absolute Gasteiger partial charge is 0.316 e. The Bertz CT molecular complexity index is 496. The zero-order chi connectivity index (χ0) is 14.7. The molecule has 0 bridgehead atoms. The van der Waals surface area contributed by atoms with Crippen LogP contribution in [-0.2, 0) is 20.8 Å². The third-order valence-corrected chi connectivity index (χ3v) is 4.66. The van der Waals surface area contributed by atoms with Crippen molar-refractivity contribution in [3.05, 3.63) is 5.82 Å². The van der Waals surface area contributed by atoms with Crippen molar-refractivity contribution in [2.24, 2.45) is 0 Å². The molecule has 0 spiro atoms. The van der Waals surface area contributed by atoms with E-state index in [-0.39, 0.29) is 17.8 Å². The Kier molecular flexibility index (Phi) is 4.80. The van der Waals surface area contributed by atoms with Gasteiger partial charge in [0.25, 0.3) is 0 Å². The number of aromatic nitrogens is 3. The van der Waals surface area contributed by atoms with E-state index in [2.05, 4.69) is 14.8 Å². The summed E-state index contributed by atoms with van der Waals surface area (Å²) in [5.74, 6) is 1.66. The number of carbonyl (C=O) groups excluding carboxylic acids is 1. The number of rotatable bonds is 7. The fourth-order valence-electron chi connectivity index (χ4n) is 2.54. The Morgan fingerprint density at radius 3 is 2.95 bits per heavy atom. The van der Waals surface area contributed by atoms with Crippen LogP contribution in [-0.4, -0.2) is 45.8 Å². The van der Waals surface area contributed by atoms with Gasteiger partial charge in [0.2, 0.25) is 0 Å². The molecule has 1 aliphatic carbocycles. The van der Waals surface area contributed by atoms with Gasteiger partial charge in [0.05, 0.1) is 25.0 Å². The van der Waals surface area contributed by atoms with Gasteiger partial charge in [0, 0.05) is 12.5 Å². The van der Waals surface area contributed by atoms with Crippen molar-refractivity contribution in [2.45, 2.75) is 56.3 Å². The van der Waals surface area contributed by atoms with Crippen molar-refractivity contribution in [3.8, 4) is 0 Å². The van der Waals surface area contributed by atoms with E-state index in [1.54, 1.807) is 0 Å². The SMILES string of the molecule is CCOC(=O)CSc1nnc(C2CC2)n1C[C@H]1CCCO1. The average Bonchev–Trinajstić information content (AvgIpc) is 3.04. The van der Waals surface area contributed by atoms with Crippen LogP contribution in [0.3, 0.4) is 0 Å². The van der Waals surface area contributed by atoms with Crippen LogP contribution in [0, 0.1) is 0 Å². The van der Waals surface area contributed by atoms with Crippen LogP contribution in [0.1, 0.15) is 44.3 Å². The number of ether oxygens (including phenoxy) is 2. The molecule has 1 aromatic rings. The summed E-state index contributed by atoms with van der Waals surface area (Å²) in [5.41, 5.74) is 0. The van der Waals surface area contributed by atoms with E-state index in [4.69, 9.17) is 9.47 Å². The monoisotopic (exact) mass is 311 g/mol. The van der Waals surface area contributed by atoms with Crippen LogP contribution in [0.2, 0.25) is 0 Å². The van der Waals surface area contributed by atoms with E-state index < -0.39 is 0 Å². The molecule has 0 amide bonds. The molecular formula is C14H21N3O3S. The molecule has 1 saturated heterocycles. The number of nitrogens with zero attached hydrogens (tertiary/aromatic N) is 3. The number of thioether (sulfide) groups is 1. The van der Waals surface area contributed by atoms with Gasteiger partial charge >= 0.3 is 5.97 Å². The van der Waals surface area contributed by atoms with E-state index in [9.17, 15) is 4.79 Å². The number of hydrogen-bond acceptors (Lipinski definition) is 6. The normalized spacial score (nSPS) is 21.7. The van der Waals surface area contributed by atoms with Crippen LogP contribution in [0.4, 0.5) is 0 Å². The van der Waals surface area contributed by atoms with Gasteiger partial charge in [-0.2, -0.15) is 0 Å². The highest BCUT2D eigenvalue weighted by molar-refractivity contribution is 7.99. The maximum absolute atomic E-state index is 11.5. The van der Waals surface area contributed by atoms with Crippen molar-refractivity contribution in [2.75, 3.05) is 19.0 Å². The first kappa shape index (κ1) is 14.8. The second-order valence-corrected chi connectivity index (χ2v) is 6.40. The molecule has 0 unspecified atom stereocenters. The first-order valence-electron chi connectivity index (χ1n) is 7.61. The van der Waals surface area contributed by atoms with Gasteiger partial charge in [-0.3, -0.25) is 4.79 Å². The first-order valence-corrected chi connectivity index (χ1v) is 8.59. The van der Waals surface area contributed by atoms with Gasteiger partial charge in [-0.1, -0.05) is 11.8 Å². The van der Waals surface area contributed by atoms with Gasteiger partial charge in [0.1, 0.15) is 5.82 Å². The molecular weight excluding hydrogens is 290 g/mol.